The number of nitrogens with zero attached hydrogens (tertiary/aromatic N) is 2. The quantitative estimate of drug-likeness (QED) is 0.542. The van der Waals surface area contributed by atoms with Crippen molar-refractivity contribution >= 4 is 21.8 Å². The Bertz CT molecular complexity index is 143. The van der Waals surface area contributed by atoms with E-state index in [2.05, 4.69) is 19.8 Å². The van der Waals surface area contributed by atoms with Crippen LogP contribution in [-0.2, 0) is 0 Å². The van der Waals surface area contributed by atoms with Gasteiger partial charge in [-0.2, -0.15) is 0 Å². The molecule has 0 aromatic heterocycles. The number of urea groups is 1. The first-order chi connectivity index (χ1) is 4.84. The average Bonchev–Trinajstić information content (AvgIpc) is 2.05. The monoisotopic (exact) mass is 206 g/mol. The third-order valence-corrected chi connectivity index (χ3v) is 2.03. The molecule has 1 saturated heterocycles. The van der Waals surface area contributed by atoms with Gasteiger partial charge in [0.15, 0.2) is 0 Å². The molecule has 0 spiro atoms. The molecule has 1 fully saturated rings. The number of likely N-dealkylation sites (tertiary alicyclic amines) is 1. The molecule has 56 valence electrons. The molecule has 0 bridgehead atoms. The molecule has 10 heavy (non-hydrogen) atoms. The van der Waals surface area contributed by atoms with Crippen molar-refractivity contribution in [3.05, 3.63) is 0 Å². The van der Waals surface area contributed by atoms with Crippen LogP contribution in [0, 0.1) is 0 Å². The van der Waals surface area contributed by atoms with Crippen LogP contribution in [0.3, 0.4) is 0 Å². The second-order valence-electron chi connectivity index (χ2n) is 2.42. The fourth-order valence-electron chi connectivity index (χ4n) is 1.14. The van der Waals surface area contributed by atoms with Crippen molar-refractivity contribution in [3.8, 4) is 0 Å². The van der Waals surface area contributed by atoms with E-state index < -0.39 is 0 Å². The van der Waals surface area contributed by atoms with Gasteiger partial charge in [-0.15, -0.1) is 0 Å². The van der Waals surface area contributed by atoms with Gasteiger partial charge in [-0.25, -0.2) is 0 Å². The second kappa shape index (κ2) is 3.84. The minimum absolute atomic E-state index is 0.111. The summed E-state index contributed by atoms with van der Waals surface area (Å²) in [5.41, 5.74) is 0. The predicted octanol–water partition coefficient (Wildman–Crippen LogP) is 0.944. The van der Waals surface area contributed by atoms with Crippen molar-refractivity contribution in [1.82, 2.24) is 4.90 Å². The van der Waals surface area contributed by atoms with Crippen LogP contribution in [-0.4, -0.2) is 39.8 Å². The van der Waals surface area contributed by atoms with Crippen LogP contribution in [0.15, 0.2) is 3.96 Å². The van der Waals surface area contributed by atoms with E-state index in [1.165, 1.54) is 6.42 Å². The van der Waals surface area contributed by atoms with E-state index >= 15 is 0 Å². The first-order valence-corrected chi connectivity index (χ1v) is 4.23. The Morgan fingerprint density at radius 2 is 1.90 bits per heavy atom. The van der Waals surface area contributed by atoms with E-state index in [4.69, 9.17) is 0 Å². The van der Waals surface area contributed by atoms with Crippen molar-refractivity contribution in [2.75, 3.05) is 13.1 Å². The van der Waals surface area contributed by atoms with E-state index in [-0.39, 0.29) is 6.03 Å². The Morgan fingerprint density at radius 3 is 2.40 bits per heavy atom. The van der Waals surface area contributed by atoms with Crippen molar-refractivity contribution in [3.63, 3.8) is 0 Å². The van der Waals surface area contributed by atoms with Crippen molar-refractivity contribution < 1.29 is 4.79 Å². The zero-order valence-electron chi connectivity index (χ0n) is 5.75. The SMILES string of the molecule is O=C(N=[Se])N1CCCCC1. The van der Waals surface area contributed by atoms with Crippen LogP contribution in [0.5, 0.6) is 0 Å². The summed E-state index contributed by atoms with van der Waals surface area (Å²) in [4.78, 5) is 12.7. The molecule has 1 aliphatic heterocycles. The van der Waals surface area contributed by atoms with Gasteiger partial charge in [0.1, 0.15) is 0 Å². The molecule has 0 N–H and O–H groups in total. The molecular weight excluding hydrogens is 195 g/mol. The summed E-state index contributed by atoms with van der Waals surface area (Å²) in [7, 11) is 0. The van der Waals surface area contributed by atoms with E-state index in [0.717, 1.165) is 25.9 Å². The number of rotatable bonds is 0. The fourth-order valence-corrected chi connectivity index (χ4v) is 1.39. The molecule has 1 aliphatic rings. The molecule has 0 aromatic rings. The summed E-state index contributed by atoms with van der Waals surface area (Å²) < 4.78 is 3.47. The molecule has 3 nitrogen and oxygen atoms in total. The summed E-state index contributed by atoms with van der Waals surface area (Å²) in [5.74, 6) is 0. The third kappa shape index (κ3) is 1.89. The Hall–Kier alpha value is -0.211. The number of carbonyl (C=O) groups is 1. The van der Waals surface area contributed by atoms with Gasteiger partial charge in [0.2, 0.25) is 0 Å². The standard InChI is InChI=1S/C6H10N2OSe/c9-6(7-10)8-4-2-1-3-5-8/h1-5H2. The molecule has 1 rings (SSSR count). The molecule has 0 unspecified atom stereocenters. The van der Waals surface area contributed by atoms with E-state index in [1.54, 1.807) is 4.90 Å². The average molecular weight is 205 g/mol. The molecule has 1 heterocycles. The minimum atomic E-state index is -0.111. The van der Waals surface area contributed by atoms with Crippen LogP contribution in [0.2, 0.25) is 0 Å². The van der Waals surface area contributed by atoms with Gasteiger partial charge in [-0.3, -0.25) is 0 Å². The molecule has 0 saturated carbocycles. The number of piperidine rings is 1. The zero-order chi connectivity index (χ0) is 7.40. The van der Waals surface area contributed by atoms with Gasteiger partial charge in [-0.1, -0.05) is 0 Å². The van der Waals surface area contributed by atoms with Crippen LogP contribution in [0.1, 0.15) is 19.3 Å². The first kappa shape index (κ1) is 7.89. The molecule has 0 atom stereocenters. The van der Waals surface area contributed by atoms with Gasteiger partial charge in [0.05, 0.1) is 0 Å². The summed E-state index contributed by atoms with van der Waals surface area (Å²) in [6.45, 7) is 1.76. The number of hydrogen-bond donors (Lipinski definition) is 0. The normalized spacial score (nSPS) is 18.6. The van der Waals surface area contributed by atoms with Gasteiger partial charge in [-0.05, 0) is 0 Å². The number of hydrogen-bond acceptors (Lipinski definition) is 1. The summed E-state index contributed by atoms with van der Waals surface area (Å²) in [6.07, 6.45) is 3.50. The second-order valence-corrected chi connectivity index (χ2v) is 2.80. The predicted molar refractivity (Wildman–Crippen MR) is 39.0 cm³/mol. The maximum absolute atomic E-state index is 10.9. The molecular formula is C6H10N2OSe. The first-order valence-electron chi connectivity index (χ1n) is 3.47. The van der Waals surface area contributed by atoms with Crippen LogP contribution in [0.25, 0.3) is 0 Å². The van der Waals surface area contributed by atoms with E-state index in [1.807, 2.05) is 0 Å². The molecule has 2 amide bonds. The summed E-state index contributed by atoms with van der Waals surface area (Å²) >= 11 is 2.37. The Labute approximate surface area is 68.4 Å². The van der Waals surface area contributed by atoms with Crippen molar-refractivity contribution in [2.24, 2.45) is 3.96 Å². The number of carbonyl (C=O) groups excluding carboxylic acids is 1. The van der Waals surface area contributed by atoms with Gasteiger partial charge >= 0.3 is 67.9 Å². The van der Waals surface area contributed by atoms with Crippen LogP contribution in [0.4, 0.5) is 4.79 Å². The Morgan fingerprint density at radius 1 is 1.30 bits per heavy atom. The van der Waals surface area contributed by atoms with Crippen LogP contribution < -0.4 is 0 Å². The van der Waals surface area contributed by atoms with Gasteiger partial charge < -0.3 is 0 Å². The molecule has 0 radical (unpaired) electrons. The van der Waals surface area contributed by atoms with Crippen molar-refractivity contribution in [2.45, 2.75) is 19.3 Å². The topological polar surface area (TPSA) is 32.7 Å². The molecule has 0 aromatic carbocycles. The number of amides is 2. The summed E-state index contributed by atoms with van der Waals surface area (Å²) in [6, 6.07) is -0.111. The fraction of sp³-hybridized carbons (Fsp3) is 0.833. The van der Waals surface area contributed by atoms with Crippen molar-refractivity contribution in [1.29, 1.82) is 0 Å². The van der Waals surface area contributed by atoms with Gasteiger partial charge in [0.25, 0.3) is 0 Å². The molecule has 0 aliphatic carbocycles. The summed E-state index contributed by atoms with van der Waals surface area (Å²) in [5, 5.41) is 0. The molecule has 4 heteroatoms. The van der Waals surface area contributed by atoms with E-state index in [9.17, 15) is 4.79 Å². The maximum atomic E-state index is 10.9. The van der Waals surface area contributed by atoms with Crippen LogP contribution >= 0.6 is 0 Å². The Balaban J connectivity index is 2.38. The Kier molecular flexibility index (Phi) is 3.03. The zero-order valence-corrected chi connectivity index (χ0v) is 7.46. The third-order valence-electron chi connectivity index (χ3n) is 1.70. The van der Waals surface area contributed by atoms with E-state index in [0.29, 0.717) is 0 Å². The van der Waals surface area contributed by atoms with Gasteiger partial charge in [0, 0.05) is 0 Å².